The van der Waals surface area contributed by atoms with E-state index >= 15 is 0 Å². The second-order valence-electron chi connectivity index (χ2n) is 3.83. The van der Waals surface area contributed by atoms with Crippen molar-refractivity contribution in [2.45, 2.75) is 13.2 Å². The van der Waals surface area contributed by atoms with Crippen molar-refractivity contribution in [2.75, 3.05) is 12.8 Å². The largest absolute Gasteiger partial charge is 0.397 e. The van der Waals surface area contributed by atoms with E-state index in [1.54, 1.807) is 17.7 Å². The third-order valence-corrected chi connectivity index (χ3v) is 2.63. The standard InChI is InChI=1S/C11H15N5O2/c1-18-6-9-14-11-7(12)3-2-4-8(11)16(9)5-10(17)15-13/h2-4H,5-6,12-13H2,1H3,(H,15,17). The lowest BCUT2D eigenvalue weighted by Gasteiger charge is -2.07. The van der Waals surface area contributed by atoms with E-state index < -0.39 is 0 Å². The number of carbonyl (C=O) groups excluding carboxylic acids is 1. The lowest BCUT2D eigenvalue weighted by Crippen LogP contribution is -2.33. The topological polar surface area (TPSA) is 108 Å². The molecule has 5 N–H and O–H groups in total. The Bertz CT molecular complexity index is 578. The van der Waals surface area contributed by atoms with Gasteiger partial charge in [0.25, 0.3) is 5.91 Å². The Kier molecular flexibility index (Phi) is 3.45. The van der Waals surface area contributed by atoms with Crippen LogP contribution >= 0.6 is 0 Å². The molecule has 0 radical (unpaired) electrons. The summed E-state index contributed by atoms with van der Waals surface area (Å²) >= 11 is 0. The minimum atomic E-state index is -0.311. The summed E-state index contributed by atoms with van der Waals surface area (Å²) < 4.78 is 6.80. The molecule has 7 nitrogen and oxygen atoms in total. The number of benzene rings is 1. The Morgan fingerprint density at radius 3 is 3.00 bits per heavy atom. The number of amides is 1. The van der Waals surface area contributed by atoms with Gasteiger partial charge in [-0.25, -0.2) is 10.8 Å². The summed E-state index contributed by atoms with van der Waals surface area (Å²) in [6.07, 6.45) is 0. The zero-order valence-electron chi connectivity index (χ0n) is 10.0. The van der Waals surface area contributed by atoms with Gasteiger partial charge < -0.3 is 15.0 Å². The maximum Gasteiger partial charge on any atom is 0.253 e. The number of ether oxygens (including phenoxy) is 1. The summed E-state index contributed by atoms with van der Waals surface area (Å²) in [4.78, 5) is 15.8. The first kappa shape index (κ1) is 12.3. The number of nitrogens with zero attached hydrogens (tertiary/aromatic N) is 2. The van der Waals surface area contributed by atoms with Crippen LogP contribution in [0, 0.1) is 0 Å². The summed E-state index contributed by atoms with van der Waals surface area (Å²) in [5.74, 6) is 5.42. The Labute approximate surface area is 104 Å². The van der Waals surface area contributed by atoms with Crippen molar-refractivity contribution < 1.29 is 9.53 Å². The number of hydrazine groups is 1. The molecule has 1 heterocycles. The second kappa shape index (κ2) is 5.03. The second-order valence-corrected chi connectivity index (χ2v) is 3.83. The van der Waals surface area contributed by atoms with Gasteiger partial charge in [-0.05, 0) is 12.1 Å². The number of hydrogen-bond acceptors (Lipinski definition) is 5. The molecule has 7 heteroatoms. The molecule has 1 aromatic heterocycles. The number of para-hydroxylation sites is 1. The molecule has 1 amide bonds. The van der Waals surface area contributed by atoms with E-state index in [0.717, 1.165) is 5.52 Å². The monoisotopic (exact) mass is 249 g/mol. The van der Waals surface area contributed by atoms with E-state index in [1.807, 2.05) is 12.1 Å². The van der Waals surface area contributed by atoms with E-state index in [1.165, 1.54) is 0 Å². The predicted octanol–water partition coefficient (Wildman–Crippen LogP) is -0.245. The maximum absolute atomic E-state index is 11.4. The van der Waals surface area contributed by atoms with Crippen LogP contribution in [0.5, 0.6) is 0 Å². The van der Waals surface area contributed by atoms with Crippen molar-refractivity contribution in [3.63, 3.8) is 0 Å². The molecule has 0 saturated heterocycles. The first-order valence-electron chi connectivity index (χ1n) is 5.39. The molecule has 2 rings (SSSR count). The van der Waals surface area contributed by atoms with Crippen LogP contribution in [-0.4, -0.2) is 22.6 Å². The van der Waals surface area contributed by atoms with E-state index in [2.05, 4.69) is 10.4 Å². The Morgan fingerprint density at radius 2 is 2.33 bits per heavy atom. The van der Waals surface area contributed by atoms with Crippen molar-refractivity contribution in [2.24, 2.45) is 5.84 Å². The van der Waals surface area contributed by atoms with Gasteiger partial charge in [0.05, 0.1) is 11.2 Å². The first-order chi connectivity index (χ1) is 8.67. The van der Waals surface area contributed by atoms with Crippen molar-refractivity contribution in [3.8, 4) is 0 Å². The number of anilines is 1. The SMILES string of the molecule is COCc1nc2c(N)cccc2n1CC(=O)NN. The van der Waals surface area contributed by atoms with Gasteiger partial charge >= 0.3 is 0 Å². The molecular formula is C11H15N5O2. The van der Waals surface area contributed by atoms with Crippen molar-refractivity contribution in [3.05, 3.63) is 24.0 Å². The number of hydrogen-bond donors (Lipinski definition) is 3. The number of rotatable bonds is 4. The van der Waals surface area contributed by atoms with Crippen LogP contribution in [0.15, 0.2) is 18.2 Å². The average molecular weight is 249 g/mol. The maximum atomic E-state index is 11.4. The van der Waals surface area contributed by atoms with Crippen LogP contribution in [-0.2, 0) is 22.7 Å². The van der Waals surface area contributed by atoms with Crippen molar-refractivity contribution >= 4 is 22.6 Å². The molecule has 0 fully saturated rings. The number of imidazole rings is 1. The zero-order chi connectivity index (χ0) is 13.1. The Hall–Kier alpha value is -2.12. The van der Waals surface area contributed by atoms with Gasteiger partial charge in [0.1, 0.15) is 24.5 Å². The molecule has 0 aliphatic rings. The molecule has 96 valence electrons. The van der Waals surface area contributed by atoms with Gasteiger partial charge in [0.15, 0.2) is 0 Å². The molecule has 0 atom stereocenters. The lowest BCUT2D eigenvalue weighted by molar-refractivity contribution is -0.121. The Balaban J connectivity index is 2.55. The Morgan fingerprint density at radius 1 is 1.56 bits per heavy atom. The van der Waals surface area contributed by atoms with Gasteiger partial charge in [-0.3, -0.25) is 10.2 Å². The summed E-state index contributed by atoms with van der Waals surface area (Å²) in [5.41, 5.74) is 9.96. The number of nitrogens with one attached hydrogen (secondary N) is 1. The normalized spacial score (nSPS) is 10.8. The third-order valence-electron chi connectivity index (χ3n) is 2.63. The minimum absolute atomic E-state index is 0.0785. The molecule has 0 unspecified atom stereocenters. The predicted molar refractivity (Wildman–Crippen MR) is 67.2 cm³/mol. The summed E-state index contributed by atoms with van der Waals surface area (Å²) in [7, 11) is 1.57. The van der Waals surface area contributed by atoms with Crippen LogP contribution in [0.4, 0.5) is 5.69 Å². The summed E-state index contributed by atoms with van der Waals surface area (Å²) in [5, 5.41) is 0. The summed E-state index contributed by atoms with van der Waals surface area (Å²) in [6, 6.07) is 5.42. The molecule has 0 saturated carbocycles. The van der Waals surface area contributed by atoms with Crippen LogP contribution in [0.2, 0.25) is 0 Å². The van der Waals surface area contributed by atoms with Gasteiger partial charge in [-0.2, -0.15) is 0 Å². The molecule has 18 heavy (non-hydrogen) atoms. The highest BCUT2D eigenvalue weighted by Crippen LogP contribution is 2.22. The molecule has 2 aromatic rings. The lowest BCUT2D eigenvalue weighted by atomic mass is 10.3. The number of aromatic nitrogens is 2. The minimum Gasteiger partial charge on any atom is -0.397 e. The highest BCUT2D eigenvalue weighted by Gasteiger charge is 2.14. The van der Waals surface area contributed by atoms with Gasteiger partial charge in [-0.15, -0.1) is 0 Å². The molecule has 0 spiro atoms. The third kappa shape index (κ3) is 2.13. The smallest absolute Gasteiger partial charge is 0.253 e. The molecule has 1 aromatic carbocycles. The molecule has 0 aliphatic carbocycles. The van der Waals surface area contributed by atoms with E-state index in [4.69, 9.17) is 16.3 Å². The fraction of sp³-hybridized carbons (Fsp3) is 0.273. The molecule has 0 bridgehead atoms. The number of nitrogen functional groups attached to an aromatic ring is 1. The molecular weight excluding hydrogens is 234 g/mol. The van der Waals surface area contributed by atoms with Crippen LogP contribution < -0.4 is 17.0 Å². The zero-order valence-corrected chi connectivity index (χ0v) is 10.0. The highest BCUT2D eigenvalue weighted by atomic mass is 16.5. The number of nitrogens with two attached hydrogens (primary N) is 2. The van der Waals surface area contributed by atoms with E-state index in [9.17, 15) is 4.79 Å². The first-order valence-corrected chi connectivity index (χ1v) is 5.39. The number of methoxy groups -OCH3 is 1. The summed E-state index contributed by atoms with van der Waals surface area (Å²) in [6.45, 7) is 0.376. The number of fused-ring (bicyclic) bond motifs is 1. The molecule has 0 aliphatic heterocycles. The average Bonchev–Trinajstić information content (AvgIpc) is 2.70. The van der Waals surface area contributed by atoms with Crippen molar-refractivity contribution in [1.29, 1.82) is 0 Å². The van der Waals surface area contributed by atoms with Gasteiger partial charge in [0, 0.05) is 7.11 Å². The fourth-order valence-electron chi connectivity index (χ4n) is 1.82. The van der Waals surface area contributed by atoms with Crippen LogP contribution in [0.25, 0.3) is 11.0 Å². The van der Waals surface area contributed by atoms with Crippen LogP contribution in [0.1, 0.15) is 5.82 Å². The van der Waals surface area contributed by atoms with E-state index in [-0.39, 0.29) is 12.5 Å². The van der Waals surface area contributed by atoms with Crippen LogP contribution in [0.3, 0.4) is 0 Å². The quantitative estimate of drug-likeness (QED) is 0.300. The fourth-order valence-corrected chi connectivity index (χ4v) is 1.82. The van der Waals surface area contributed by atoms with Gasteiger partial charge in [0.2, 0.25) is 0 Å². The van der Waals surface area contributed by atoms with Crippen molar-refractivity contribution in [1.82, 2.24) is 15.0 Å². The number of carbonyl (C=O) groups is 1. The van der Waals surface area contributed by atoms with E-state index in [0.29, 0.717) is 23.6 Å². The highest BCUT2D eigenvalue weighted by molar-refractivity contribution is 5.88. The van der Waals surface area contributed by atoms with Gasteiger partial charge in [-0.1, -0.05) is 6.07 Å².